The molecule has 0 unspecified atom stereocenters. The smallest absolute Gasteiger partial charge is 0.278 e. The third kappa shape index (κ3) is 2.97. The monoisotopic (exact) mass is 275 g/mol. The molecular weight excluding hydrogens is 265 g/mol. The van der Waals surface area contributed by atoms with Crippen LogP contribution in [-0.4, -0.2) is 11.2 Å². The highest BCUT2D eigenvalue weighted by atomic mass is 19.1. The lowest BCUT2D eigenvalue weighted by Gasteiger charge is -2.07. The fraction of sp³-hybridized carbons (Fsp3) is 0.0714. The van der Waals surface area contributed by atoms with Crippen molar-refractivity contribution >= 4 is 12.0 Å². The maximum absolute atomic E-state index is 13.6. The largest absolute Gasteiger partial charge is 0.489 e. The molecule has 0 spiro atoms. The number of carbonyl (C=O) groups excluding carboxylic acids is 1. The molecule has 0 aliphatic heterocycles. The SMILES string of the molecule is O=Cc1ccc(OCc2c(F)cccc2[N+](=O)[O-])cc1. The highest BCUT2D eigenvalue weighted by Gasteiger charge is 2.18. The number of halogens is 1. The number of nitro groups is 1. The van der Waals surface area contributed by atoms with Gasteiger partial charge in [0.1, 0.15) is 30.0 Å². The van der Waals surface area contributed by atoms with Crippen molar-refractivity contribution in [2.45, 2.75) is 6.61 Å². The van der Waals surface area contributed by atoms with Crippen LogP contribution in [0.25, 0.3) is 0 Å². The van der Waals surface area contributed by atoms with Crippen molar-refractivity contribution in [3.63, 3.8) is 0 Å². The number of carbonyl (C=O) groups is 1. The van der Waals surface area contributed by atoms with Gasteiger partial charge in [0.05, 0.1) is 4.92 Å². The first-order valence-corrected chi connectivity index (χ1v) is 5.71. The van der Waals surface area contributed by atoms with Crippen LogP contribution in [0.1, 0.15) is 15.9 Å². The van der Waals surface area contributed by atoms with Crippen LogP contribution in [0.4, 0.5) is 10.1 Å². The second-order valence-corrected chi connectivity index (χ2v) is 3.97. The molecule has 5 nitrogen and oxygen atoms in total. The third-order valence-corrected chi connectivity index (χ3v) is 2.69. The van der Waals surface area contributed by atoms with Gasteiger partial charge in [0.2, 0.25) is 0 Å². The number of ether oxygens (including phenoxy) is 1. The van der Waals surface area contributed by atoms with Crippen LogP contribution in [0, 0.1) is 15.9 Å². The lowest BCUT2D eigenvalue weighted by molar-refractivity contribution is -0.386. The van der Waals surface area contributed by atoms with E-state index in [1.807, 2.05) is 0 Å². The molecule has 0 aliphatic carbocycles. The average Bonchev–Trinajstić information content (AvgIpc) is 2.46. The molecule has 0 radical (unpaired) electrons. The summed E-state index contributed by atoms with van der Waals surface area (Å²) in [6.45, 7) is -0.260. The molecule has 0 fully saturated rings. The van der Waals surface area contributed by atoms with Gasteiger partial charge in [-0.3, -0.25) is 14.9 Å². The van der Waals surface area contributed by atoms with E-state index in [1.54, 1.807) is 0 Å². The second kappa shape index (κ2) is 5.92. The number of nitrogens with zero attached hydrogens (tertiary/aromatic N) is 1. The van der Waals surface area contributed by atoms with Gasteiger partial charge >= 0.3 is 0 Å². The molecule has 0 saturated carbocycles. The normalized spacial score (nSPS) is 10.1. The van der Waals surface area contributed by atoms with E-state index in [9.17, 15) is 19.3 Å². The van der Waals surface area contributed by atoms with E-state index in [2.05, 4.69) is 0 Å². The first kappa shape index (κ1) is 13.7. The number of hydrogen-bond donors (Lipinski definition) is 0. The molecule has 20 heavy (non-hydrogen) atoms. The Labute approximate surface area is 113 Å². The van der Waals surface area contributed by atoms with Gasteiger partial charge < -0.3 is 4.74 Å². The summed E-state index contributed by atoms with van der Waals surface area (Å²) in [4.78, 5) is 20.7. The van der Waals surface area contributed by atoms with E-state index < -0.39 is 10.7 Å². The second-order valence-electron chi connectivity index (χ2n) is 3.97. The van der Waals surface area contributed by atoms with E-state index >= 15 is 0 Å². The van der Waals surface area contributed by atoms with Crippen LogP contribution in [-0.2, 0) is 6.61 Å². The molecule has 0 saturated heterocycles. The average molecular weight is 275 g/mol. The van der Waals surface area contributed by atoms with Gasteiger partial charge in [-0.25, -0.2) is 4.39 Å². The third-order valence-electron chi connectivity index (χ3n) is 2.69. The Balaban J connectivity index is 2.17. The van der Waals surface area contributed by atoms with Crippen molar-refractivity contribution < 1.29 is 18.8 Å². The van der Waals surface area contributed by atoms with Crippen molar-refractivity contribution in [1.29, 1.82) is 0 Å². The molecule has 0 bridgehead atoms. The fourth-order valence-electron chi connectivity index (χ4n) is 1.66. The van der Waals surface area contributed by atoms with Crippen molar-refractivity contribution in [2.24, 2.45) is 0 Å². The number of benzene rings is 2. The first-order valence-electron chi connectivity index (χ1n) is 5.71. The predicted octanol–water partition coefficient (Wildman–Crippen LogP) is 3.13. The van der Waals surface area contributed by atoms with Crippen molar-refractivity contribution in [2.75, 3.05) is 0 Å². The number of hydrogen-bond acceptors (Lipinski definition) is 4. The van der Waals surface area contributed by atoms with Gasteiger partial charge in [0.15, 0.2) is 0 Å². The summed E-state index contributed by atoms with van der Waals surface area (Å²) in [7, 11) is 0. The molecule has 102 valence electrons. The Kier molecular flexibility index (Phi) is 4.05. The Morgan fingerprint density at radius 2 is 1.90 bits per heavy atom. The Hall–Kier alpha value is -2.76. The Bertz CT molecular complexity index is 640. The zero-order chi connectivity index (χ0) is 14.5. The fourth-order valence-corrected chi connectivity index (χ4v) is 1.66. The molecule has 0 heterocycles. The van der Waals surface area contributed by atoms with Gasteiger partial charge in [0, 0.05) is 11.6 Å². The van der Waals surface area contributed by atoms with E-state index in [-0.39, 0.29) is 17.9 Å². The number of nitro benzene ring substituents is 1. The van der Waals surface area contributed by atoms with Crippen LogP contribution in [0.3, 0.4) is 0 Å². The minimum absolute atomic E-state index is 0.114. The molecule has 0 amide bonds. The molecule has 0 N–H and O–H groups in total. The van der Waals surface area contributed by atoms with Crippen molar-refractivity contribution in [1.82, 2.24) is 0 Å². The predicted molar refractivity (Wildman–Crippen MR) is 69.2 cm³/mol. The van der Waals surface area contributed by atoms with Crippen LogP contribution in [0.15, 0.2) is 42.5 Å². The summed E-state index contributed by atoms with van der Waals surface area (Å²) in [5, 5.41) is 10.8. The Morgan fingerprint density at radius 3 is 2.50 bits per heavy atom. The standard InChI is InChI=1S/C14H10FNO4/c15-13-2-1-3-14(16(18)19)12(13)9-20-11-6-4-10(8-17)5-7-11/h1-8H,9H2. The van der Waals surface area contributed by atoms with E-state index in [4.69, 9.17) is 4.74 Å². The number of rotatable bonds is 5. The molecule has 0 aromatic heterocycles. The van der Waals surface area contributed by atoms with Crippen molar-refractivity contribution in [3.05, 3.63) is 69.5 Å². The maximum atomic E-state index is 13.6. The summed E-state index contributed by atoms with van der Waals surface area (Å²) < 4.78 is 18.9. The van der Waals surface area contributed by atoms with E-state index in [0.717, 1.165) is 6.07 Å². The van der Waals surface area contributed by atoms with Crippen LogP contribution in [0.5, 0.6) is 5.75 Å². The molecule has 0 aliphatic rings. The molecule has 2 rings (SSSR count). The minimum Gasteiger partial charge on any atom is -0.489 e. The van der Waals surface area contributed by atoms with Crippen LogP contribution < -0.4 is 4.74 Å². The lowest BCUT2D eigenvalue weighted by Crippen LogP contribution is -2.03. The summed E-state index contributed by atoms with van der Waals surface area (Å²) in [6, 6.07) is 9.79. The summed E-state index contributed by atoms with van der Waals surface area (Å²) in [5.74, 6) is -0.295. The van der Waals surface area contributed by atoms with E-state index in [0.29, 0.717) is 17.6 Å². The van der Waals surface area contributed by atoms with Gasteiger partial charge in [-0.15, -0.1) is 0 Å². The van der Waals surface area contributed by atoms with E-state index in [1.165, 1.54) is 36.4 Å². The molecule has 6 heteroatoms. The van der Waals surface area contributed by atoms with Crippen LogP contribution in [0.2, 0.25) is 0 Å². The zero-order valence-electron chi connectivity index (χ0n) is 10.3. The highest BCUT2D eigenvalue weighted by molar-refractivity contribution is 5.74. The molecule has 2 aromatic rings. The van der Waals surface area contributed by atoms with Gasteiger partial charge in [-0.05, 0) is 30.3 Å². The van der Waals surface area contributed by atoms with Gasteiger partial charge in [-0.2, -0.15) is 0 Å². The highest BCUT2D eigenvalue weighted by Crippen LogP contribution is 2.23. The van der Waals surface area contributed by atoms with Gasteiger partial charge in [0.25, 0.3) is 5.69 Å². The Morgan fingerprint density at radius 1 is 1.20 bits per heavy atom. The molecular formula is C14H10FNO4. The zero-order valence-corrected chi connectivity index (χ0v) is 10.3. The molecule has 0 atom stereocenters. The maximum Gasteiger partial charge on any atom is 0.278 e. The van der Waals surface area contributed by atoms with Crippen molar-refractivity contribution in [3.8, 4) is 5.75 Å². The van der Waals surface area contributed by atoms with Gasteiger partial charge in [-0.1, -0.05) is 6.07 Å². The molecule has 2 aromatic carbocycles. The lowest BCUT2D eigenvalue weighted by atomic mass is 10.2. The minimum atomic E-state index is -0.691. The topological polar surface area (TPSA) is 69.4 Å². The summed E-state index contributed by atoms with van der Waals surface area (Å²) in [6.07, 6.45) is 0.686. The number of aldehydes is 1. The first-order chi connectivity index (χ1) is 9.61. The summed E-state index contributed by atoms with van der Waals surface area (Å²) >= 11 is 0. The quantitative estimate of drug-likeness (QED) is 0.477. The summed E-state index contributed by atoms with van der Waals surface area (Å²) in [5.41, 5.74) is 0.0423. The van der Waals surface area contributed by atoms with Crippen LogP contribution >= 0.6 is 0 Å².